The zero-order valence-corrected chi connectivity index (χ0v) is 24.6. The summed E-state index contributed by atoms with van der Waals surface area (Å²) in [6.45, 7) is 5.58. The first-order valence-corrected chi connectivity index (χ1v) is 15.5. The highest BCUT2D eigenvalue weighted by atomic mass is 16.5. The van der Waals surface area contributed by atoms with E-state index in [4.69, 9.17) is 19.9 Å². The van der Waals surface area contributed by atoms with Gasteiger partial charge in [0.05, 0.1) is 33.0 Å². The van der Waals surface area contributed by atoms with E-state index in [9.17, 15) is 4.79 Å². The van der Waals surface area contributed by atoms with Crippen molar-refractivity contribution < 1.29 is 19.0 Å². The highest BCUT2D eigenvalue weighted by Crippen LogP contribution is 2.11. The molecule has 0 spiro atoms. The maximum Gasteiger partial charge on any atom is 0.221 e. The molecule has 0 aromatic rings. The zero-order valence-electron chi connectivity index (χ0n) is 24.6. The summed E-state index contributed by atoms with van der Waals surface area (Å²) >= 11 is 0. The van der Waals surface area contributed by atoms with Gasteiger partial charge in [0, 0.05) is 25.8 Å². The van der Waals surface area contributed by atoms with Crippen LogP contribution in [0.15, 0.2) is 0 Å². The third kappa shape index (κ3) is 32.5. The number of hydrogen-bond donors (Lipinski definition) is 2. The molecule has 0 bridgehead atoms. The molecule has 0 fully saturated rings. The Balaban J connectivity index is 3.29. The number of carbonyl (C=O) groups excluding carboxylic acids is 1. The summed E-state index contributed by atoms with van der Waals surface area (Å²) in [5.41, 5.74) is 5.33. The standard InChI is InChI=1S/C32H58N2O4/c1-2-3-4-5-6-7-8-9-10-11-12-13-14-15-16-17-18-19-20-21-22-23-24-32(35)34-31-38-30-29-37-28-27-36-26-25-33/h2-12,17-31,33H2,1H3,(H,34,35). The number of rotatable bonds is 28. The van der Waals surface area contributed by atoms with Crippen LogP contribution in [-0.2, 0) is 19.0 Å². The van der Waals surface area contributed by atoms with E-state index in [1.165, 1.54) is 83.5 Å². The lowest BCUT2D eigenvalue weighted by Gasteiger charge is -2.08. The molecule has 220 valence electrons. The van der Waals surface area contributed by atoms with Gasteiger partial charge in [0.15, 0.2) is 0 Å². The Hall–Kier alpha value is -1.57. The minimum atomic E-state index is 0.0469. The van der Waals surface area contributed by atoms with E-state index < -0.39 is 0 Å². The van der Waals surface area contributed by atoms with E-state index in [1.807, 2.05) is 0 Å². The molecule has 0 atom stereocenters. The van der Waals surface area contributed by atoms with Gasteiger partial charge < -0.3 is 25.3 Å². The van der Waals surface area contributed by atoms with Gasteiger partial charge >= 0.3 is 0 Å². The van der Waals surface area contributed by atoms with Crippen LogP contribution >= 0.6 is 0 Å². The van der Waals surface area contributed by atoms with Crippen molar-refractivity contribution in [2.75, 3.05) is 46.3 Å². The number of ether oxygens (including phenoxy) is 3. The third-order valence-electron chi connectivity index (χ3n) is 6.23. The number of unbranched alkanes of at least 4 members (excludes halogenated alkanes) is 16. The summed E-state index contributed by atoms with van der Waals surface area (Å²) in [4.78, 5) is 11.8. The van der Waals surface area contributed by atoms with Gasteiger partial charge in [-0.05, 0) is 31.1 Å². The summed E-state index contributed by atoms with van der Waals surface area (Å²) in [6, 6.07) is 0. The first-order valence-electron chi connectivity index (χ1n) is 15.5. The number of nitrogens with one attached hydrogen (secondary N) is 1. The van der Waals surface area contributed by atoms with Gasteiger partial charge in [-0.25, -0.2) is 0 Å². The zero-order chi connectivity index (χ0) is 27.6. The molecule has 38 heavy (non-hydrogen) atoms. The van der Waals surface area contributed by atoms with Gasteiger partial charge in [0.2, 0.25) is 5.91 Å². The molecule has 0 heterocycles. The second kappa shape index (κ2) is 33.5. The maximum absolute atomic E-state index is 11.8. The van der Waals surface area contributed by atoms with Crippen molar-refractivity contribution in [2.45, 2.75) is 129 Å². The van der Waals surface area contributed by atoms with Crippen LogP contribution in [0.25, 0.3) is 0 Å². The minimum Gasteiger partial charge on any atom is -0.378 e. The van der Waals surface area contributed by atoms with Crippen LogP contribution in [0.5, 0.6) is 0 Å². The van der Waals surface area contributed by atoms with Crippen molar-refractivity contribution in [3.05, 3.63) is 0 Å². The molecule has 0 aliphatic rings. The van der Waals surface area contributed by atoms with Crippen LogP contribution in [0.2, 0.25) is 0 Å². The van der Waals surface area contributed by atoms with Crippen molar-refractivity contribution in [3.63, 3.8) is 0 Å². The molecule has 0 aliphatic heterocycles. The van der Waals surface area contributed by atoms with Crippen LogP contribution in [0, 0.1) is 23.7 Å². The normalized spacial score (nSPS) is 10.5. The molecule has 0 saturated heterocycles. The van der Waals surface area contributed by atoms with Gasteiger partial charge in [-0.2, -0.15) is 0 Å². The van der Waals surface area contributed by atoms with Crippen LogP contribution < -0.4 is 11.1 Å². The van der Waals surface area contributed by atoms with Gasteiger partial charge in [0.1, 0.15) is 6.73 Å². The Morgan fingerprint density at radius 2 is 1.05 bits per heavy atom. The van der Waals surface area contributed by atoms with E-state index in [-0.39, 0.29) is 12.6 Å². The molecule has 0 unspecified atom stereocenters. The summed E-state index contributed by atoms with van der Waals surface area (Å²) in [5, 5.41) is 2.78. The lowest BCUT2D eigenvalue weighted by Crippen LogP contribution is -2.26. The van der Waals surface area contributed by atoms with Crippen LogP contribution in [0.3, 0.4) is 0 Å². The van der Waals surface area contributed by atoms with Crippen LogP contribution in [0.4, 0.5) is 0 Å². The van der Waals surface area contributed by atoms with Crippen molar-refractivity contribution >= 4 is 5.91 Å². The van der Waals surface area contributed by atoms with E-state index in [1.54, 1.807) is 0 Å². The molecule has 0 aromatic carbocycles. The highest BCUT2D eigenvalue weighted by Gasteiger charge is 2.00. The van der Waals surface area contributed by atoms with E-state index in [0.29, 0.717) is 46.0 Å². The maximum atomic E-state index is 11.8. The smallest absolute Gasteiger partial charge is 0.221 e. The van der Waals surface area contributed by atoms with Crippen molar-refractivity contribution in [1.29, 1.82) is 0 Å². The topological polar surface area (TPSA) is 82.8 Å². The average molecular weight is 535 g/mol. The lowest BCUT2D eigenvalue weighted by atomic mass is 10.1. The molecule has 3 N–H and O–H groups in total. The predicted octanol–water partition coefficient (Wildman–Crippen LogP) is 6.51. The fourth-order valence-corrected chi connectivity index (χ4v) is 3.94. The van der Waals surface area contributed by atoms with Gasteiger partial charge in [-0.3, -0.25) is 4.79 Å². The average Bonchev–Trinajstić information content (AvgIpc) is 2.92. The van der Waals surface area contributed by atoms with Crippen molar-refractivity contribution in [3.8, 4) is 23.7 Å². The predicted molar refractivity (Wildman–Crippen MR) is 159 cm³/mol. The van der Waals surface area contributed by atoms with Gasteiger partial charge in [-0.15, -0.1) is 0 Å². The summed E-state index contributed by atoms with van der Waals surface area (Å²) in [7, 11) is 0. The second-order valence-corrected chi connectivity index (χ2v) is 9.82. The van der Waals surface area contributed by atoms with Crippen LogP contribution in [0.1, 0.15) is 129 Å². The first kappa shape index (κ1) is 36.4. The highest BCUT2D eigenvalue weighted by molar-refractivity contribution is 5.75. The lowest BCUT2D eigenvalue weighted by molar-refractivity contribution is -0.123. The van der Waals surface area contributed by atoms with Gasteiger partial charge in [-0.1, -0.05) is 102 Å². The molecular weight excluding hydrogens is 476 g/mol. The first-order chi connectivity index (χ1) is 18.8. The Kier molecular flexibility index (Phi) is 32.1. The summed E-state index contributed by atoms with van der Waals surface area (Å²) in [5.74, 6) is 12.4. The van der Waals surface area contributed by atoms with Crippen molar-refractivity contribution in [2.24, 2.45) is 5.73 Å². The number of nitrogens with two attached hydrogens (primary N) is 1. The fourth-order valence-electron chi connectivity index (χ4n) is 3.94. The number of amides is 1. The monoisotopic (exact) mass is 534 g/mol. The third-order valence-corrected chi connectivity index (χ3v) is 6.23. The Labute approximate surface area is 234 Å². The summed E-state index contributed by atoms with van der Waals surface area (Å²) < 4.78 is 15.9. The molecule has 0 radical (unpaired) electrons. The van der Waals surface area contributed by atoms with E-state index in [2.05, 4.69) is 35.9 Å². The molecule has 0 saturated carbocycles. The molecule has 0 rings (SSSR count). The molecular formula is C32H58N2O4. The summed E-state index contributed by atoms with van der Waals surface area (Å²) in [6.07, 6.45) is 22.8. The van der Waals surface area contributed by atoms with Crippen LogP contribution in [-0.4, -0.2) is 52.2 Å². The number of carbonyl (C=O) groups is 1. The van der Waals surface area contributed by atoms with Crippen molar-refractivity contribution in [1.82, 2.24) is 5.32 Å². The molecule has 6 nitrogen and oxygen atoms in total. The number of hydrogen-bond acceptors (Lipinski definition) is 5. The second-order valence-electron chi connectivity index (χ2n) is 9.82. The quantitative estimate of drug-likeness (QED) is 0.0679. The minimum absolute atomic E-state index is 0.0469. The largest absolute Gasteiger partial charge is 0.378 e. The molecule has 0 aliphatic carbocycles. The van der Waals surface area contributed by atoms with E-state index >= 15 is 0 Å². The van der Waals surface area contributed by atoms with Gasteiger partial charge in [0.25, 0.3) is 0 Å². The molecule has 0 aromatic heterocycles. The Bertz CT molecular complexity index is 618. The molecule has 1 amide bonds. The Morgan fingerprint density at radius 1 is 0.605 bits per heavy atom. The SMILES string of the molecule is CCCCCCCCCCCCC#CC#CCCCCCCCCC(=O)NCOCCOCCOCCN. The van der Waals surface area contributed by atoms with E-state index in [0.717, 1.165) is 32.1 Å². The molecule has 6 heteroatoms. The fraction of sp³-hybridized carbons (Fsp3) is 0.844. The Morgan fingerprint density at radius 3 is 1.58 bits per heavy atom.